The Hall–Kier alpha value is -2.62. The van der Waals surface area contributed by atoms with Crippen molar-refractivity contribution in [1.29, 1.82) is 0 Å². The summed E-state index contributed by atoms with van der Waals surface area (Å²) in [7, 11) is 0. The first-order valence-electron chi connectivity index (χ1n) is 8.12. The number of ether oxygens (including phenoxy) is 1. The van der Waals surface area contributed by atoms with Gasteiger partial charge in [0.15, 0.2) is 0 Å². The number of carbonyl (C=O) groups is 1. The summed E-state index contributed by atoms with van der Waals surface area (Å²) in [6, 6.07) is 13.7. The van der Waals surface area contributed by atoms with Gasteiger partial charge in [0, 0.05) is 0 Å². The quantitative estimate of drug-likeness (QED) is 0.649. The highest BCUT2D eigenvalue weighted by molar-refractivity contribution is 5.99. The SMILES string of the molecule is CCOc1ccc(C(C)=NNC(=O)Cc2ccc(C)c(C)c2)cc1. The van der Waals surface area contributed by atoms with Gasteiger partial charge in [-0.2, -0.15) is 5.10 Å². The molecule has 0 spiro atoms. The Bertz CT molecular complexity index is 734. The molecule has 0 bridgehead atoms. The van der Waals surface area contributed by atoms with E-state index in [0.29, 0.717) is 13.0 Å². The summed E-state index contributed by atoms with van der Waals surface area (Å²) in [5.74, 6) is 0.705. The molecule has 0 aliphatic carbocycles. The van der Waals surface area contributed by atoms with Crippen LogP contribution >= 0.6 is 0 Å². The standard InChI is InChI=1S/C20H24N2O2/c1-5-24-19-10-8-18(9-11-19)16(4)21-22-20(23)13-17-7-6-14(2)15(3)12-17/h6-12H,5,13H2,1-4H3,(H,22,23). The molecule has 0 aromatic heterocycles. The van der Waals surface area contributed by atoms with Gasteiger partial charge in [-0.3, -0.25) is 4.79 Å². The molecule has 1 N–H and O–H groups in total. The molecule has 2 rings (SSSR count). The molecule has 0 radical (unpaired) electrons. The van der Waals surface area contributed by atoms with E-state index in [0.717, 1.165) is 22.6 Å². The largest absolute Gasteiger partial charge is 0.494 e. The first kappa shape index (κ1) is 17.7. The number of rotatable bonds is 6. The highest BCUT2D eigenvalue weighted by Gasteiger charge is 2.05. The van der Waals surface area contributed by atoms with Gasteiger partial charge in [-0.1, -0.05) is 18.2 Å². The molecule has 0 atom stereocenters. The highest BCUT2D eigenvalue weighted by Crippen LogP contribution is 2.13. The van der Waals surface area contributed by atoms with E-state index in [-0.39, 0.29) is 5.91 Å². The first-order valence-corrected chi connectivity index (χ1v) is 8.12. The van der Waals surface area contributed by atoms with Gasteiger partial charge in [0.2, 0.25) is 5.91 Å². The number of amides is 1. The number of benzene rings is 2. The fourth-order valence-corrected chi connectivity index (χ4v) is 2.31. The third-order valence-corrected chi connectivity index (χ3v) is 3.87. The molecule has 126 valence electrons. The molecule has 0 heterocycles. The van der Waals surface area contributed by atoms with Crippen molar-refractivity contribution in [3.05, 3.63) is 64.7 Å². The third kappa shape index (κ3) is 4.95. The van der Waals surface area contributed by atoms with E-state index in [1.807, 2.05) is 63.2 Å². The molecule has 2 aromatic carbocycles. The van der Waals surface area contributed by atoms with Crippen molar-refractivity contribution < 1.29 is 9.53 Å². The van der Waals surface area contributed by atoms with Gasteiger partial charge in [-0.05, 0) is 74.2 Å². The summed E-state index contributed by atoms with van der Waals surface area (Å²) in [4.78, 5) is 12.0. The van der Waals surface area contributed by atoms with Gasteiger partial charge in [0.1, 0.15) is 5.75 Å². The normalized spacial score (nSPS) is 11.2. The summed E-state index contributed by atoms with van der Waals surface area (Å²) in [5.41, 5.74) is 7.73. The van der Waals surface area contributed by atoms with Gasteiger partial charge in [0.25, 0.3) is 0 Å². The minimum absolute atomic E-state index is 0.122. The van der Waals surface area contributed by atoms with Crippen LogP contribution in [-0.2, 0) is 11.2 Å². The van der Waals surface area contributed by atoms with Gasteiger partial charge < -0.3 is 4.74 Å². The number of carbonyl (C=O) groups excluding carboxylic acids is 1. The van der Waals surface area contributed by atoms with E-state index < -0.39 is 0 Å². The van der Waals surface area contributed by atoms with E-state index >= 15 is 0 Å². The van der Waals surface area contributed by atoms with Crippen LogP contribution in [0.3, 0.4) is 0 Å². The fraction of sp³-hybridized carbons (Fsp3) is 0.300. The molecule has 0 saturated heterocycles. The van der Waals surface area contributed by atoms with Crippen molar-refractivity contribution in [1.82, 2.24) is 5.43 Å². The van der Waals surface area contributed by atoms with Crippen molar-refractivity contribution in [3.63, 3.8) is 0 Å². The van der Waals surface area contributed by atoms with Crippen molar-refractivity contribution in [2.45, 2.75) is 34.1 Å². The Balaban J connectivity index is 1.95. The predicted octanol–water partition coefficient (Wildman–Crippen LogP) is 3.79. The maximum Gasteiger partial charge on any atom is 0.244 e. The Kier molecular flexibility index (Phi) is 6.13. The maximum absolute atomic E-state index is 12.0. The molecule has 0 fully saturated rings. The lowest BCUT2D eigenvalue weighted by Gasteiger charge is -2.06. The average molecular weight is 324 g/mol. The van der Waals surface area contributed by atoms with Crippen molar-refractivity contribution in [3.8, 4) is 5.75 Å². The van der Waals surface area contributed by atoms with Crippen LogP contribution in [0.25, 0.3) is 0 Å². The number of hydrogen-bond donors (Lipinski definition) is 1. The van der Waals surface area contributed by atoms with Gasteiger partial charge in [0.05, 0.1) is 18.7 Å². The summed E-state index contributed by atoms with van der Waals surface area (Å²) in [6.07, 6.45) is 0.321. The lowest BCUT2D eigenvalue weighted by molar-refractivity contribution is -0.120. The Morgan fingerprint density at radius 2 is 1.79 bits per heavy atom. The number of nitrogens with one attached hydrogen (secondary N) is 1. The molecule has 0 unspecified atom stereocenters. The smallest absolute Gasteiger partial charge is 0.244 e. The predicted molar refractivity (Wildman–Crippen MR) is 97.6 cm³/mol. The van der Waals surface area contributed by atoms with Crippen molar-refractivity contribution in [2.24, 2.45) is 5.10 Å². The average Bonchev–Trinajstić information content (AvgIpc) is 2.57. The van der Waals surface area contributed by atoms with Crippen LogP contribution in [0, 0.1) is 13.8 Å². The molecule has 4 heteroatoms. The minimum atomic E-state index is -0.122. The summed E-state index contributed by atoms with van der Waals surface area (Å²) in [5, 5.41) is 4.18. The van der Waals surface area contributed by atoms with E-state index in [1.165, 1.54) is 11.1 Å². The molecule has 0 aliphatic heterocycles. The monoisotopic (exact) mass is 324 g/mol. The number of nitrogens with zero attached hydrogens (tertiary/aromatic N) is 1. The molecule has 24 heavy (non-hydrogen) atoms. The molecule has 4 nitrogen and oxygen atoms in total. The Morgan fingerprint density at radius 1 is 1.08 bits per heavy atom. The van der Waals surface area contributed by atoms with Crippen LogP contribution in [0.4, 0.5) is 0 Å². The second kappa shape index (κ2) is 8.29. The molecule has 1 amide bonds. The van der Waals surface area contributed by atoms with Crippen molar-refractivity contribution in [2.75, 3.05) is 6.61 Å². The summed E-state index contributed by atoms with van der Waals surface area (Å²) >= 11 is 0. The molecular weight excluding hydrogens is 300 g/mol. The van der Waals surface area contributed by atoms with E-state index in [1.54, 1.807) is 0 Å². The molecular formula is C20H24N2O2. The van der Waals surface area contributed by atoms with Crippen molar-refractivity contribution >= 4 is 11.6 Å². The summed E-state index contributed by atoms with van der Waals surface area (Å²) in [6.45, 7) is 8.56. The van der Waals surface area contributed by atoms with Crippen LogP contribution in [0.5, 0.6) is 5.75 Å². The van der Waals surface area contributed by atoms with Crippen LogP contribution in [0.2, 0.25) is 0 Å². The highest BCUT2D eigenvalue weighted by atomic mass is 16.5. The van der Waals surface area contributed by atoms with E-state index in [9.17, 15) is 4.79 Å². The maximum atomic E-state index is 12.0. The zero-order valence-corrected chi connectivity index (χ0v) is 14.7. The zero-order valence-electron chi connectivity index (χ0n) is 14.7. The number of hydrazone groups is 1. The second-order valence-corrected chi connectivity index (χ2v) is 5.78. The first-order chi connectivity index (χ1) is 11.5. The van der Waals surface area contributed by atoms with E-state index in [4.69, 9.17) is 4.74 Å². The lowest BCUT2D eigenvalue weighted by atomic mass is 10.0. The Morgan fingerprint density at radius 3 is 2.42 bits per heavy atom. The third-order valence-electron chi connectivity index (χ3n) is 3.87. The zero-order chi connectivity index (χ0) is 17.5. The Labute approximate surface area is 143 Å². The molecule has 0 saturated carbocycles. The number of hydrogen-bond acceptors (Lipinski definition) is 3. The van der Waals surface area contributed by atoms with Crippen LogP contribution in [0.15, 0.2) is 47.6 Å². The van der Waals surface area contributed by atoms with Gasteiger partial charge in [-0.15, -0.1) is 0 Å². The topological polar surface area (TPSA) is 50.7 Å². The molecule has 2 aromatic rings. The molecule has 0 aliphatic rings. The number of aryl methyl sites for hydroxylation is 2. The summed E-state index contributed by atoms with van der Waals surface area (Å²) < 4.78 is 5.41. The van der Waals surface area contributed by atoms with Crippen LogP contribution in [-0.4, -0.2) is 18.2 Å². The lowest BCUT2D eigenvalue weighted by Crippen LogP contribution is -2.21. The second-order valence-electron chi connectivity index (χ2n) is 5.78. The van der Waals surface area contributed by atoms with Gasteiger partial charge >= 0.3 is 0 Å². The van der Waals surface area contributed by atoms with E-state index in [2.05, 4.69) is 17.5 Å². The van der Waals surface area contributed by atoms with Crippen LogP contribution < -0.4 is 10.2 Å². The minimum Gasteiger partial charge on any atom is -0.494 e. The van der Waals surface area contributed by atoms with Gasteiger partial charge in [-0.25, -0.2) is 5.43 Å². The van der Waals surface area contributed by atoms with Crippen LogP contribution in [0.1, 0.15) is 36.1 Å². The fourth-order valence-electron chi connectivity index (χ4n) is 2.31.